The lowest BCUT2D eigenvalue weighted by molar-refractivity contribution is 0.436. The monoisotopic (exact) mass is 1710 g/mol. The van der Waals surface area contributed by atoms with Crippen LogP contribution in [0, 0.1) is 22.7 Å². The van der Waals surface area contributed by atoms with Gasteiger partial charge in [0.25, 0.3) is 6.71 Å². The van der Waals surface area contributed by atoms with Crippen molar-refractivity contribution in [2.24, 2.45) is 0 Å². The fraction of sp³-hybridized carbons (Fsp3) is 0.0720. The van der Waals surface area contributed by atoms with E-state index in [9.17, 15) is 29.7 Å². The first-order valence-corrected chi connectivity index (χ1v) is 44.9. The van der Waals surface area contributed by atoms with Crippen molar-refractivity contribution in [1.29, 1.82) is 10.5 Å². The number of hydrogen-bond acceptors (Lipinski definition) is 5. The molecule has 7 nitrogen and oxygen atoms in total. The van der Waals surface area contributed by atoms with Crippen LogP contribution in [0.3, 0.4) is 0 Å². The van der Waals surface area contributed by atoms with E-state index in [0.29, 0.717) is 62.1 Å². The Labute approximate surface area is 794 Å². The average molecular weight is 1710 g/mol. The van der Waals surface area contributed by atoms with Crippen molar-refractivity contribution in [2.75, 3.05) is 9.80 Å². The van der Waals surface area contributed by atoms with E-state index in [1.54, 1.807) is 9.13 Å². The van der Waals surface area contributed by atoms with Gasteiger partial charge < -0.3 is 23.7 Å². The summed E-state index contributed by atoms with van der Waals surface area (Å²) in [4.78, 5) is 4.70. The summed E-state index contributed by atoms with van der Waals surface area (Å²) in [7, 11) is 0. The molecule has 4 aliphatic rings. The van der Waals surface area contributed by atoms with Crippen molar-refractivity contribution >= 4 is 101 Å². The number of hydrogen-bond donors (Lipinski definition) is 0. The molecule has 1 spiro atoms. The van der Waals surface area contributed by atoms with Gasteiger partial charge in [-0.2, -0.15) is 10.5 Å². The topological polar surface area (TPSA) is 73.1 Å². The molecule has 0 unspecified atom stereocenters. The number of fused-ring (bicyclic) bond motifs is 19. The van der Waals surface area contributed by atoms with Gasteiger partial charge in [-0.3, -0.25) is 0 Å². The Balaban J connectivity index is 0.905. The van der Waals surface area contributed by atoms with Crippen molar-refractivity contribution in [3.05, 3.63) is 463 Å². The lowest BCUT2D eigenvalue weighted by Gasteiger charge is -2.46. The van der Waals surface area contributed by atoms with E-state index in [-0.39, 0.29) is 55.0 Å². The zero-order valence-electron chi connectivity index (χ0n) is 87.4. The molecule has 0 bridgehead atoms. The van der Waals surface area contributed by atoms with Gasteiger partial charge in [0, 0.05) is 89.0 Å². The summed E-state index contributed by atoms with van der Waals surface area (Å²) in [5.74, 6) is 1.26. The molecule has 5 heterocycles. The van der Waals surface area contributed by atoms with Gasteiger partial charge in [0.05, 0.1) is 81.3 Å². The first-order valence-electron chi connectivity index (χ1n) is 51.9. The van der Waals surface area contributed by atoms with Gasteiger partial charge in [-0.25, -0.2) is 0 Å². The van der Waals surface area contributed by atoms with Crippen LogP contribution in [-0.2, 0) is 16.2 Å². The molecule has 0 saturated heterocycles. The van der Waals surface area contributed by atoms with Crippen molar-refractivity contribution in [3.8, 4) is 124 Å². The molecule has 21 aromatic rings. The smallest absolute Gasteiger partial charge is 0.252 e. The van der Waals surface area contributed by atoms with Crippen LogP contribution >= 0.6 is 0 Å². The standard InChI is InChI=1S/C125H87BN6O/c1-123(2,3)90-70-98(82-35-15-9-16-36-82)121(100(72-90)87-41-29-39-84(65-87)80-31-11-7-12-32-80)131-114-74-92(129-110-50-26-21-45-96(110)102-63-78(76-127)53-61-112(102)129)56-59-108(114)126-109-60-57-93(130-111-51-27-22-46-97(111)103-64-79(77-128)54-62-113(103)130)75-115(109)132(122-99(83-37-17-10-18-38-83)71-91(124(4,5)6)73-101(122)88-42-30-40-85(66-88)81-33-13-8-14-34-81)117-68-89(67-116(131)120(117)126)86-55-58-107-119(69-86)133-118-52-28-25-49-106(118)125(107)104-47-23-19-43-94(104)95-44-20-24-48-105(95)125/h7-75H,1-6H3/i21D,22D,26D,27D,45D,46D,50D,51D,53D,54D,61D,62D,63D,64D. The Bertz CT molecular complexity index is 8980. The highest BCUT2D eigenvalue weighted by Crippen LogP contribution is 2.64. The van der Waals surface area contributed by atoms with Gasteiger partial charge in [-0.1, -0.05) is 327 Å². The second-order valence-corrected chi connectivity index (χ2v) is 36.9. The number of aromatic nitrogens is 2. The Kier molecular flexibility index (Phi) is 14.7. The summed E-state index contributed by atoms with van der Waals surface area (Å²) in [6, 6.07) is 112. The molecule has 0 fully saturated rings. The van der Waals surface area contributed by atoms with Crippen LogP contribution < -0.4 is 30.9 Å². The molecule has 0 radical (unpaired) electrons. The molecular formula is C125H87BN6O. The summed E-state index contributed by atoms with van der Waals surface area (Å²) >= 11 is 0. The third-order valence-corrected chi connectivity index (χ3v) is 27.4. The van der Waals surface area contributed by atoms with Crippen LogP contribution in [-0.4, -0.2) is 15.8 Å². The van der Waals surface area contributed by atoms with Crippen molar-refractivity contribution < 1.29 is 23.9 Å². The molecule has 0 N–H and O–H groups in total. The van der Waals surface area contributed by atoms with Crippen LogP contribution in [0.2, 0.25) is 0 Å². The van der Waals surface area contributed by atoms with Gasteiger partial charge in [0.15, 0.2) is 0 Å². The van der Waals surface area contributed by atoms with Crippen LogP contribution in [0.15, 0.2) is 418 Å². The molecule has 0 atom stereocenters. The summed E-state index contributed by atoms with van der Waals surface area (Å²) < 4.78 is 149. The number of rotatable bonds is 11. The minimum atomic E-state index is -0.923. The molecular weight excluding hydrogens is 1610 g/mol. The fourth-order valence-electron chi connectivity index (χ4n) is 21.3. The number of nitriles is 2. The SMILES string of the molecule is [2H]c1c([2H])c([2H])c2c(c1[2H])c1c([2H])c(C#N)c([2H])c([2H])c1n2-c1ccc2c(c1)N(c1c(-c3ccccc3)cc(C(C)(C)C)cc1-c1cccc(-c3ccccc3)c1)c1cc(-c3ccc4c(c3)Oc3ccccc3C43c4ccccc4-c4ccccc43)cc3c1B2c1ccc(-n2c4c([2H])c([2H])c([2H])c([2H])c4c4c([2H])c(C#N)c([2H])c([2H])c42)cc1N3c1c(-c2ccccc2)cc(C(C)(C)C)cc1-c1cccc(-c2ccccc2)c1. The number of nitrogens with zero attached hydrogens (tertiary/aromatic N) is 6. The highest BCUT2D eigenvalue weighted by molar-refractivity contribution is 7.00. The molecule has 2 aromatic heterocycles. The van der Waals surface area contributed by atoms with Gasteiger partial charge in [0.2, 0.25) is 0 Å². The lowest BCUT2D eigenvalue weighted by atomic mass is 9.33. The highest BCUT2D eigenvalue weighted by atomic mass is 16.5. The number of ether oxygens (including phenoxy) is 1. The summed E-state index contributed by atoms with van der Waals surface area (Å²) in [6.07, 6.45) is 0. The molecule has 25 rings (SSSR count). The third kappa shape index (κ3) is 12.3. The predicted molar refractivity (Wildman–Crippen MR) is 551 cm³/mol. The van der Waals surface area contributed by atoms with Crippen molar-refractivity contribution in [1.82, 2.24) is 9.13 Å². The summed E-state index contributed by atoms with van der Waals surface area (Å²) in [5.41, 5.74) is 23.1. The number of benzene rings is 19. The molecule has 8 heteroatoms. The van der Waals surface area contributed by atoms with Gasteiger partial charge in [0.1, 0.15) is 11.5 Å². The maximum atomic E-state index is 11.0. The van der Waals surface area contributed by atoms with E-state index in [1.165, 1.54) is 0 Å². The predicted octanol–water partition coefficient (Wildman–Crippen LogP) is 30.4. The third-order valence-electron chi connectivity index (χ3n) is 27.4. The van der Waals surface area contributed by atoms with E-state index in [2.05, 4.69) is 264 Å². The molecule has 1 aliphatic carbocycles. The van der Waals surface area contributed by atoms with E-state index in [1.807, 2.05) is 133 Å². The minimum absolute atomic E-state index is 0.103. The number of para-hydroxylation sites is 3. The Morgan fingerprint density at radius 3 is 1.14 bits per heavy atom. The van der Waals surface area contributed by atoms with Gasteiger partial charge >= 0.3 is 0 Å². The first kappa shape index (κ1) is 64.9. The minimum Gasteiger partial charge on any atom is -0.457 e. The van der Waals surface area contributed by atoms with Crippen LogP contribution in [0.4, 0.5) is 34.1 Å². The molecule has 133 heavy (non-hydrogen) atoms. The average Bonchev–Trinajstić information content (AvgIpc) is 1.66. The van der Waals surface area contributed by atoms with E-state index in [0.717, 1.165) is 122 Å². The second-order valence-electron chi connectivity index (χ2n) is 36.9. The fourth-order valence-corrected chi connectivity index (χ4v) is 21.3. The molecule has 19 aromatic carbocycles. The Morgan fingerprint density at radius 2 is 0.684 bits per heavy atom. The van der Waals surface area contributed by atoms with Crippen molar-refractivity contribution in [3.63, 3.8) is 0 Å². The largest absolute Gasteiger partial charge is 0.457 e. The highest BCUT2D eigenvalue weighted by Gasteiger charge is 2.52. The molecule has 0 saturated carbocycles. The van der Waals surface area contributed by atoms with Gasteiger partial charge in [-0.15, -0.1) is 0 Å². The summed E-state index contributed by atoms with van der Waals surface area (Å²) in [5, 5.41) is 21.4. The summed E-state index contributed by atoms with van der Waals surface area (Å²) in [6.45, 7) is 12.3. The van der Waals surface area contributed by atoms with E-state index >= 15 is 0 Å². The first-order chi connectivity index (χ1) is 71.0. The normalized spacial score (nSPS) is 14.6. The van der Waals surface area contributed by atoms with Crippen LogP contribution in [0.1, 0.15) is 105 Å². The molecule has 3 aliphatic heterocycles. The second kappa shape index (κ2) is 30.2. The lowest BCUT2D eigenvalue weighted by Crippen LogP contribution is -2.61. The molecule has 626 valence electrons. The van der Waals surface area contributed by atoms with E-state index in [4.69, 9.17) is 4.74 Å². The maximum Gasteiger partial charge on any atom is 0.252 e. The Morgan fingerprint density at radius 1 is 0.301 bits per heavy atom. The van der Waals surface area contributed by atoms with Gasteiger partial charge in [-0.05, 0) is 250 Å². The molecule has 0 amide bonds. The number of anilines is 6. The zero-order valence-corrected chi connectivity index (χ0v) is 73.4. The van der Waals surface area contributed by atoms with Crippen LogP contribution in [0.25, 0.3) is 144 Å². The zero-order chi connectivity index (χ0) is 101. The quantitative estimate of drug-likeness (QED) is 0.121. The maximum absolute atomic E-state index is 11.0. The van der Waals surface area contributed by atoms with Crippen LogP contribution in [0.5, 0.6) is 11.5 Å². The Hall–Kier alpha value is -16.8. The van der Waals surface area contributed by atoms with E-state index < -0.39 is 119 Å². The van der Waals surface area contributed by atoms with Crippen molar-refractivity contribution in [2.45, 2.75) is 57.8 Å².